The van der Waals surface area contributed by atoms with Crippen LogP contribution in [0, 0.1) is 6.92 Å². The molecule has 1 atom stereocenters. The third-order valence-corrected chi connectivity index (χ3v) is 3.85. The summed E-state index contributed by atoms with van der Waals surface area (Å²) >= 11 is 1.82. The predicted octanol–water partition coefficient (Wildman–Crippen LogP) is 3.28. The maximum atomic E-state index is 6.28. The molecule has 2 aromatic rings. The van der Waals surface area contributed by atoms with Crippen molar-refractivity contribution in [2.75, 3.05) is 12.0 Å². The highest BCUT2D eigenvalue weighted by atomic mass is 32.2. The van der Waals surface area contributed by atoms with Crippen LogP contribution < -0.4 is 5.73 Å². The first-order chi connectivity index (χ1) is 9.17. The highest BCUT2D eigenvalue weighted by Gasteiger charge is 2.16. The van der Waals surface area contributed by atoms with Crippen molar-refractivity contribution < 1.29 is 0 Å². The van der Waals surface area contributed by atoms with Gasteiger partial charge in [-0.3, -0.25) is 0 Å². The first kappa shape index (κ1) is 14.2. The molecule has 0 bridgehead atoms. The number of fused-ring (bicyclic) bond motifs is 1. The molecule has 2 rings (SSSR count). The van der Waals surface area contributed by atoms with Gasteiger partial charge in [0.1, 0.15) is 5.82 Å². The minimum Gasteiger partial charge on any atom is -0.323 e. The van der Waals surface area contributed by atoms with Gasteiger partial charge in [-0.2, -0.15) is 11.8 Å². The summed E-state index contributed by atoms with van der Waals surface area (Å²) in [5, 5.41) is 0. The van der Waals surface area contributed by atoms with E-state index < -0.39 is 0 Å². The molecule has 1 aromatic heterocycles. The highest BCUT2D eigenvalue weighted by molar-refractivity contribution is 7.98. The van der Waals surface area contributed by atoms with Crippen LogP contribution in [0.2, 0.25) is 0 Å². The molecule has 3 nitrogen and oxygen atoms in total. The van der Waals surface area contributed by atoms with Crippen LogP contribution in [-0.4, -0.2) is 21.6 Å². The van der Waals surface area contributed by atoms with Crippen molar-refractivity contribution in [3.05, 3.63) is 42.2 Å². The average molecular weight is 275 g/mol. The van der Waals surface area contributed by atoms with Crippen LogP contribution in [0.25, 0.3) is 11.0 Å². The summed E-state index contributed by atoms with van der Waals surface area (Å²) in [4.78, 5) is 4.73. The summed E-state index contributed by atoms with van der Waals surface area (Å²) in [6.07, 6.45) is 4.94. The maximum absolute atomic E-state index is 6.28. The third-order valence-electron chi connectivity index (χ3n) is 3.21. The van der Waals surface area contributed by atoms with Gasteiger partial charge in [-0.05, 0) is 43.0 Å². The normalized spacial score (nSPS) is 12.8. The second-order valence-electron chi connectivity index (χ2n) is 4.75. The van der Waals surface area contributed by atoms with Gasteiger partial charge in [-0.25, -0.2) is 4.98 Å². The third kappa shape index (κ3) is 3.01. The van der Waals surface area contributed by atoms with Gasteiger partial charge in [-0.1, -0.05) is 12.1 Å². The molecule has 102 valence electrons. The Hall–Kier alpha value is -1.26. The topological polar surface area (TPSA) is 43.8 Å². The fourth-order valence-corrected chi connectivity index (χ4v) is 2.73. The Labute approximate surface area is 118 Å². The number of nitrogens with two attached hydrogens (primary N) is 1. The second-order valence-corrected chi connectivity index (χ2v) is 5.74. The van der Waals surface area contributed by atoms with E-state index in [9.17, 15) is 0 Å². The van der Waals surface area contributed by atoms with Crippen molar-refractivity contribution in [1.82, 2.24) is 9.55 Å². The number of thioether (sulfide) groups is 1. The zero-order chi connectivity index (χ0) is 13.8. The average Bonchev–Trinajstić information content (AvgIpc) is 2.74. The predicted molar refractivity (Wildman–Crippen MR) is 84.6 cm³/mol. The lowest BCUT2D eigenvalue weighted by atomic mass is 10.2. The van der Waals surface area contributed by atoms with Crippen molar-refractivity contribution >= 4 is 22.8 Å². The molecule has 0 radical (unpaired) electrons. The SMILES string of the molecule is C=CCn1c(C(N)CCSC)nc2cc(C)ccc21. The maximum Gasteiger partial charge on any atom is 0.127 e. The summed E-state index contributed by atoms with van der Waals surface area (Å²) in [5.41, 5.74) is 9.67. The number of hydrogen-bond donors (Lipinski definition) is 1. The first-order valence-electron chi connectivity index (χ1n) is 6.49. The van der Waals surface area contributed by atoms with E-state index in [-0.39, 0.29) is 6.04 Å². The van der Waals surface area contributed by atoms with Crippen LogP contribution in [0.15, 0.2) is 30.9 Å². The van der Waals surface area contributed by atoms with E-state index in [1.54, 1.807) is 0 Å². The molecule has 0 saturated carbocycles. The Morgan fingerprint density at radius 3 is 3.00 bits per heavy atom. The van der Waals surface area contributed by atoms with Crippen molar-refractivity contribution in [3.8, 4) is 0 Å². The number of allylic oxidation sites excluding steroid dienone is 1. The number of benzene rings is 1. The minimum absolute atomic E-state index is 0.0138. The molecule has 0 fully saturated rings. The van der Waals surface area contributed by atoms with Crippen LogP contribution in [-0.2, 0) is 6.54 Å². The lowest BCUT2D eigenvalue weighted by molar-refractivity contribution is 0.613. The van der Waals surface area contributed by atoms with Gasteiger partial charge in [-0.15, -0.1) is 6.58 Å². The standard InChI is InChI=1S/C15H21N3S/c1-4-8-18-14-6-5-11(2)10-13(14)17-15(18)12(16)7-9-19-3/h4-6,10,12H,1,7-9,16H2,2-3H3. The summed E-state index contributed by atoms with van der Waals surface area (Å²) < 4.78 is 2.17. The number of nitrogens with zero attached hydrogens (tertiary/aromatic N) is 2. The molecule has 0 aliphatic heterocycles. The van der Waals surface area contributed by atoms with E-state index >= 15 is 0 Å². The lowest BCUT2D eigenvalue weighted by Gasteiger charge is -2.12. The molecule has 1 unspecified atom stereocenters. The molecule has 2 N–H and O–H groups in total. The summed E-state index contributed by atoms with van der Waals surface area (Å²) in [5.74, 6) is 2.02. The minimum atomic E-state index is -0.0138. The van der Waals surface area contributed by atoms with Crippen molar-refractivity contribution in [2.45, 2.75) is 25.9 Å². The van der Waals surface area contributed by atoms with Gasteiger partial charge in [0.2, 0.25) is 0 Å². The Bertz CT molecular complexity index is 574. The molecule has 0 amide bonds. The van der Waals surface area contributed by atoms with Crippen LogP contribution in [0.5, 0.6) is 0 Å². The Morgan fingerprint density at radius 1 is 1.53 bits per heavy atom. The molecular formula is C15H21N3S. The smallest absolute Gasteiger partial charge is 0.127 e. The molecule has 1 heterocycles. The summed E-state index contributed by atoms with van der Waals surface area (Å²) in [6.45, 7) is 6.66. The molecule has 0 saturated heterocycles. The van der Waals surface area contributed by atoms with E-state index in [0.717, 1.165) is 35.6 Å². The van der Waals surface area contributed by atoms with Crippen LogP contribution in [0.3, 0.4) is 0 Å². The van der Waals surface area contributed by atoms with Crippen LogP contribution in [0.1, 0.15) is 23.9 Å². The van der Waals surface area contributed by atoms with E-state index in [4.69, 9.17) is 10.7 Å². The highest BCUT2D eigenvalue weighted by Crippen LogP contribution is 2.23. The molecule has 1 aromatic carbocycles. The monoisotopic (exact) mass is 275 g/mol. The van der Waals surface area contributed by atoms with Crippen LogP contribution in [0.4, 0.5) is 0 Å². The first-order valence-corrected chi connectivity index (χ1v) is 7.89. The zero-order valence-corrected chi connectivity index (χ0v) is 12.4. The number of aromatic nitrogens is 2. The number of aryl methyl sites for hydroxylation is 1. The van der Waals surface area contributed by atoms with Crippen molar-refractivity contribution in [2.24, 2.45) is 5.73 Å². The summed E-state index contributed by atoms with van der Waals surface area (Å²) in [6, 6.07) is 6.33. The van der Waals surface area contributed by atoms with Crippen molar-refractivity contribution in [1.29, 1.82) is 0 Å². The zero-order valence-electron chi connectivity index (χ0n) is 11.6. The fourth-order valence-electron chi connectivity index (χ4n) is 2.24. The van der Waals surface area contributed by atoms with Gasteiger partial charge < -0.3 is 10.3 Å². The Balaban J connectivity index is 2.46. The Kier molecular flexibility index (Phi) is 4.66. The largest absolute Gasteiger partial charge is 0.323 e. The molecule has 0 aliphatic carbocycles. The molecule has 4 heteroatoms. The quantitative estimate of drug-likeness (QED) is 0.823. The van der Waals surface area contributed by atoms with E-state index in [2.05, 4.69) is 42.5 Å². The van der Waals surface area contributed by atoms with Gasteiger partial charge in [0.05, 0.1) is 17.1 Å². The Morgan fingerprint density at radius 2 is 2.32 bits per heavy atom. The van der Waals surface area contributed by atoms with E-state index in [1.165, 1.54) is 5.56 Å². The summed E-state index contributed by atoms with van der Waals surface area (Å²) in [7, 11) is 0. The molecular weight excluding hydrogens is 254 g/mol. The number of rotatable bonds is 6. The molecule has 19 heavy (non-hydrogen) atoms. The van der Waals surface area contributed by atoms with Gasteiger partial charge in [0.15, 0.2) is 0 Å². The number of hydrogen-bond acceptors (Lipinski definition) is 3. The van der Waals surface area contributed by atoms with Crippen LogP contribution >= 0.6 is 11.8 Å². The van der Waals surface area contributed by atoms with Gasteiger partial charge in [0, 0.05) is 6.54 Å². The fraction of sp³-hybridized carbons (Fsp3) is 0.400. The second kappa shape index (κ2) is 6.26. The molecule has 0 aliphatic rings. The lowest BCUT2D eigenvalue weighted by Crippen LogP contribution is -2.17. The van der Waals surface area contributed by atoms with E-state index in [1.807, 2.05) is 17.8 Å². The van der Waals surface area contributed by atoms with E-state index in [0.29, 0.717) is 0 Å². The van der Waals surface area contributed by atoms with Gasteiger partial charge >= 0.3 is 0 Å². The van der Waals surface area contributed by atoms with Gasteiger partial charge in [0.25, 0.3) is 0 Å². The number of imidazole rings is 1. The molecule has 0 spiro atoms. The van der Waals surface area contributed by atoms with Crippen molar-refractivity contribution in [3.63, 3.8) is 0 Å².